The van der Waals surface area contributed by atoms with Crippen LogP contribution in [-0.2, 0) is 0 Å². The molecule has 1 aliphatic rings. The molecule has 1 aromatic rings. The second-order valence-corrected chi connectivity index (χ2v) is 5.79. The molecule has 1 aromatic carbocycles. The Morgan fingerprint density at radius 1 is 1.11 bits per heavy atom. The molecule has 1 heterocycles. The summed E-state index contributed by atoms with van der Waals surface area (Å²) >= 11 is 0. The van der Waals surface area contributed by atoms with Gasteiger partial charge in [-0.1, -0.05) is 18.2 Å². The Balaban J connectivity index is 1.83. The normalized spacial score (nSPS) is 19.6. The molecule has 0 saturated carbocycles. The first-order valence-corrected chi connectivity index (χ1v) is 7.22. The first-order chi connectivity index (χ1) is 9.06. The van der Waals surface area contributed by atoms with E-state index in [1.165, 1.54) is 11.1 Å². The van der Waals surface area contributed by atoms with Gasteiger partial charge in [0.25, 0.3) is 0 Å². The van der Waals surface area contributed by atoms with Gasteiger partial charge in [0, 0.05) is 32.7 Å². The first-order valence-electron chi connectivity index (χ1n) is 7.22. The van der Waals surface area contributed by atoms with Crippen molar-refractivity contribution in [2.75, 3.05) is 39.8 Å². The summed E-state index contributed by atoms with van der Waals surface area (Å²) in [5.41, 5.74) is 3.60. The van der Waals surface area contributed by atoms with Gasteiger partial charge in [-0.15, -0.1) is 0 Å². The van der Waals surface area contributed by atoms with Crippen molar-refractivity contribution in [3.8, 4) is 0 Å². The number of benzene rings is 1. The molecule has 1 fully saturated rings. The summed E-state index contributed by atoms with van der Waals surface area (Å²) in [6, 6.07) is 6.27. The van der Waals surface area contributed by atoms with Crippen molar-refractivity contribution in [3.63, 3.8) is 0 Å². The minimum absolute atomic E-state index is 0.334. The Labute approximate surface area is 116 Å². The van der Waals surface area contributed by atoms with Gasteiger partial charge < -0.3 is 14.9 Å². The van der Waals surface area contributed by atoms with Crippen molar-refractivity contribution >= 4 is 0 Å². The number of likely N-dealkylation sites (N-methyl/N-ethyl adjacent to an activating group) is 1. The van der Waals surface area contributed by atoms with Gasteiger partial charge in [-0.25, -0.2) is 0 Å². The topological polar surface area (TPSA) is 26.7 Å². The van der Waals surface area contributed by atoms with Crippen LogP contribution in [0.4, 0.5) is 0 Å². The first kappa shape index (κ1) is 14.5. The number of aryl methyl sites for hydroxylation is 2. The predicted octanol–water partition coefficient (Wildman–Crippen LogP) is 1.97. The molecule has 0 radical (unpaired) electrons. The third-order valence-electron chi connectivity index (χ3n) is 4.23. The van der Waals surface area contributed by atoms with Crippen LogP contribution >= 0.6 is 0 Å². The molecule has 0 bridgehead atoms. The van der Waals surface area contributed by atoms with Gasteiger partial charge in [0.05, 0.1) is 6.10 Å². The van der Waals surface area contributed by atoms with Crippen molar-refractivity contribution in [3.05, 3.63) is 34.9 Å². The van der Waals surface area contributed by atoms with Crippen molar-refractivity contribution in [2.45, 2.75) is 26.4 Å². The lowest BCUT2D eigenvalue weighted by molar-refractivity contribution is 0.113. The van der Waals surface area contributed by atoms with E-state index in [1.54, 1.807) is 0 Å². The minimum atomic E-state index is -0.334. The van der Waals surface area contributed by atoms with Crippen LogP contribution in [0.3, 0.4) is 0 Å². The molecule has 19 heavy (non-hydrogen) atoms. The molecule has 3 heteroatoms. The summed E-state index contributed by atoms with van der Waals surface area (Å²) in [6.45, 7) is 9.72. The van der Waals surface area contributed by atoms with Crippen LogP contribution in [0.25, 0.3) is 0 Å². The average Bonchev–Trinajstić information content (AvgIpc) is 2.41. The Morgan fingerprint density at radius 2 is 1.79 bits per heavy atom. The van der Waals surface area contributed by atoms with Crippen LogP contribution < -0.4 is 0 Å². The van der Waals surface area contributed by atoms with Gasteiger partial charge in [-0.3, -0.25) is 0 Å². The van der Waals surface area contributed by atoms with Gasteiger partial charge in [0.2, 0.25) is 0 Å². The van der Waals surface area contributed by atoms with E-state index in [0.717, 1.165) is 44.7 Å². The maximum Gasteiger partial charge on any atom is 0.0802 e. The zero-order valence-electron chi connectivity index (χ0n) is 12.4. The van der Waals surface area contributed by atoms with E-state index >= 15 is 0 Å². The number of hydrogen-bond acceptors (Lipinski definition) is 3. The van der Waals surface area contributed by atoms with Crippen LogP contribution in [0, 0.1) is 13.8 Å². The lowest BCUT2D eigenvalue weighted by Crippen LogP contribution is -2.44. The summed E-state index contributed by atoms with van der Waals surface area (Å²) in [4.78, 5) is 4.81. The number of hydrogen-bond donors (Lipinski definition) is 1. The van der Waals surface area contributed by atoms with Crippen LogP contribution in [0.1, 0.15) is 29.2 Å². The van der Waals surface area contributed by atoms with E-state index in [0.29, 0.717) is 0 Å². The third-order valence-corrected chi connectivity index (χ3v) is 4.23. The summed E-state index contributed by atoms with van der Waals surface area (Å²) in [5, 5.41) is 10.3. The second-order valence-electron chi connectivity index (χ2n) is 5.79. The fourth-order valence-electron chi connectivity index (χ4n) is 2.51. The van der Waals surface area contributed by atoms with Crippen LogP contribution in [-0.4, -0.2) is 54.7 Å². The van der Waals surface area contributed by atoms with Crippen molar-refractivity contribution < 1.29 is 5.11 Å². The number of piperazine rings is 1. The number of aliphatic hydroxyl groups excluding tert-OH is 1. The Hall–Kier alpha value is -0.900. The largest absolute Gasteiger partial charge is 0.388 e. The van der Waals surface area contributed by atoms with E-state index in [4.69, 9.17) is 0 Å². The lowest BCUT2D eigenvalue weighted by Gasteiger charge is -2.32. The quantitative estimate of drug-likeness (QED) is 0.899. The second kappa shape index (κ2) is 6.51. The fraction of sp³-hybridized carbons (Fsp3) is 0.625. The van der Waals surface area contributed by atoms with E-state index < -0.39 is 0 Å². The zero-order valence-corrected chi connectivity index (χ0v) is 12.4. The van der Waals surface area contributed by atoms with Gasteiger partial charge in [-0.05, 0) is 44.0 Å². The Morgan fingerprint density at radius 3 is 2.42 bits per heavy atom. The van der Waals surface area contributed by atoms with E-state index in [2.05, 4.69) is 48.9 Å². The molecular formula is C16H26N2O. The van der Waals surface area contributed by atoms with Crippen LogP contribution in [0.15, 0.2) is 18.2 Å². The summed E-state index contributed by atoms with van der Waals surface area (Å²) < 4.78 is 0. The van der Waals surface area contributed by atoms with Crippen molar-refractivity contribution in [1.82, 2.24) is 9.80 Å². The summed E-state index contributed by atoms with van der Waals surface area (Å²) in [6.07, 6.45) is 0.491. The molecule has 2 rings (SSSR count). The van der Waals surface area contributed by atoms with Crippen molar-refractivity contribution in [1.29, 1.82) is 0 Å². The zero-order chi connectivity index (χ0) is 13.8. The average molecular weight is 262 g/mol. The highest BCUT2D eigenvalue weighted by molar-refractivity contribution is 5.31. The maximum atomic E-state index is 10.3. The molecule has 0 spiro atoms. The lowest BCUT2D eigenvalue weighted by atomic mass is 10.0. The van der Waals surface area contributed by atoms with Gasteiger partial charge >= 0.3 is 0 Å². The van der Waals surface area contributed by atoms with E-state index in [9.17, 15) is 5.11 Å². The Kier molecular flexibility index (Phi) is 4.97. The monoisotopic (exact) mass is 262 g/mol. The molecule has 1 saturated heterocycles. The fourth-order valence-corrected chi connectivity index (χ4v) is 2.51. The maximum absolute atomic E-state index is 10.3. The highest BCUT2D eigenvalue weighted by Crippen LogP contribution is 2.20. The van der Waals surface area contributed by atoms with Crippen LogP contribution in [0.5, 0.6) is 0 Å². The summed E-state index contributed by atoms with van der Waals surface area (Å²) in [7, 11) is 2.17. The highest BCUT2D eigenvalue weighted by Gasteiger charge is 2.15. The van der Waals surface area contributed by atoms with Crippen molar-refractivity contribution in [2.24, 2.45) is 0 Å². The van der Waals surface area contributed by atoms with E-state index in [-0.39, 0.29) is 6.10 Å². The Bertz CT molecular complexity index is 411. The van der Waals surface area contributed by atoms with Crippen LogP contribution in [0.2, 0.25) is 0 Å². The molecule has 1 N–H and O–H groups in total. The minimum Gasteiger partial charge on any atom is -0.388 e. The smallest absolute Gasteiger partial charge is 0.0802 e. The standard InChI is InChI=1S/C16H26N2O/c1-13-4-5-15(12-14(13)2)16(19)6-7-18-10-8-17(3)9-11-18/h4-5,12,16,19H,6-11H2,1-3H3. The highest BCUT2D eigenvalue weighted by atomic mass is 16.3. The molecule has 0 aliphatic carbocycles. The molecule has 1 aliphatic heterocycles. The SMILES string of the molecule is Cc1ccc(C(O)CCN2CCN(C)CC2)cc1C. The molecule has 0 amide bonds. The van der Waals surface area contributed by atoms with Gasteiger partial charge in [0.1, 0.15) is 0 Å². The molecule has 1 atom stereocenters. The molecular weight excluding hydrogens is 236 g/mol. The van der Waals surface area contributed by atoms with Gasteiger partial charge in [0.15, 0.2) is 0 Å². The van der Waals surface area contributed by atoms with Gasteiger partial charge in [-0.2, -0.15) is 0 Å². The molecule has 106 valence electrons. The van der Waals surface area contributed by atoms with E-state index in [1.807, 2.05) is 0 Å². The number of nitrogens with zero attached hydrogens (tertiary/aromatic N) is 2. The molecule has 1 unspecified atom stereocenters. The molecule has 3 nitrogen and oxygen atoms in total. The molecule has 0 aromatic heterocycles. The number of aliphatic hydroxyl groups is 1. The predicted molar refractivity (Wildman–Crippen MR) is 79.4 cm³/mol. The number of rotatable bonds is 4. The summed E-state index contributed by atoms with van der Waals surface area (Å²) in [5.74, 6) is 0. The third kappa shape index (κ3) is 4.03.